The Kier molecular flexibility index (Phi) is 3.12. The summed E-state index contributed by atoms with van der Waals surface area (Å²) in [6.45, 7) is 3.70. The van der Waals surface area contributed by atoms with Gasteiger partial charge in [-0.05, 0) is 19.4 Å². The van der Waals surface area contributed by atoms with Crippen molar-refractivity contribution in [2.75, 3.05) is 0 Å². The number of rotatable bonds is 2. The van der Waals surface area contributed by atoms with E-state index >= 15 is 0 Å². The van der Waals surface area contributed by atoms with Gasteiger partial charge >= 0.3 is 0 Å². The first-order valence-electron chi connectivity index (χ1n) is 4.00. The molecule has 0 amide bonds. The highest BCUT2D eigenvalue weighted by molar-refractivity contribution is 6.21. The molecule has 0 aromatic heterocycles. The third-order valence-corrected chi connectivity index (χ3v) is 2.40. The van der Waals surface area contributed by atoms with E-state index in [-0.39, 0.29) is 5.38 Å². The molecule has 0 heterocycles. The summed E-state index contributed by atoms with van der Waals surface area (Å²) in [5.74, 6) is 0. The first-order valence-corrected chi connectivity index (χ1v) is 4.43. The fourth-order valence-electron chi connectivity index (χ4n) is 1.12. The predicted molar refractivity (Wildman–Crippen MR) is 51.5 cm³/mol. The van der Waals surface area contributed by atoms with Crippen LogP contribution in [0.3, 0.4) is 0 Å². The normalized spacial score (nSPS) is 15.7. The highest BCUT2D eigenvalue weighted by Gasteiger charge is 2.12. The minimum absolute atomic E-state index is 0.301. The molecule has 0 radical (unpaired) electrons. The topological polar surface area (TPSA) is 20.2 Å². The molecule has 0 aliphatic rings. The molecule has 0 saturated carbocycles. The van der Waals surface area contributed by atoms with Crippen LogP contribution in [0.25, 0.3) is 0 Å². The van der Waals surface area contributed by atoms with Gasteiger partial charge < -0.3 is 5.11 Å². The maximum Gasteiger partial charge on any atom is 0.0841 e. The molecule has 2 atom stereocenters. The number of hydrogen-bond acceptors (Lipinski definition) is 1. The Morgan fingerprint density at radius 2 is 2.08 bits per heavy atom. The Bertz CT molecular complexity index is 258. The smallest absolute Gasteiger partial charge is 0.0841 e. The number of hydrogen-bond donors (Lipinski definition) is 1. The van der Waals surface area contributed by atoms with Crippen molar-refractivity contribution in [1.82, 2.24) is 0 Å². The minimum atomic E-state index is -0.506. The van der Waals surface area contributed by atoms with Gasteiger partial charge in [0.25, 0.3) is 0 Å². The van der Waals surface area contributed by atoms with Crippen LogP contribution in [0.2, 0.25) is 0 Å². The standard InChI is InChI=1S/C10H13ClO/c1-7-4-3-5-9(6-7)10(11)8(2)12/h3-6,8,10,12H,1-2H3/t8-,10-/m1/s1. The van der Waals surface area contributed by atoms with Crippen LogP contribution < -0.4 is 0 Å². The summed E-state index contributed by atoms with van der Waals surface area (Å²) in [7, 11) is 0. The first-order chi connectivity index (χ1) is 5.61. The van der Waals surface area contributed by atoms with Crippen LogP contribution in [-0.2, 0) is 0 Å². The molecule has 0 unspecified atom stereocenters. The van der Waals surface area contributed by atoms with E-state index in [2.05, 4.69) is 0 Å². The fraction of sp³-hybridized carbons (Fsp3) is 0.400. The molecule has 0 spiro atoms. The molecule has 1 aromatic rings. The average molecular weight is 185 g/mol. The van der Waals surface area contributed by atoms with Gasteiger partial charge in [0.1, 0.15) is 0 Å². The van der Waals surface area contributed by atoms with Gasteiger partial charge in [-0.25, -0.2) is 0 Å². The lowest BCUT2D eigenvalue weighted by Gasteiger charge is -2.12. The molecular weight excluding hydrogens is 172 g/mol. The van der Waals surface area contributed by atoms with Crippen molar-refractivity contribution in [2.24, 2.45) is 0 Å². The van der Waals surface area contributed by atoms with Gasteiger partial charge in [0.2, 0.25) is 0 Å². The zero-order valence-corrected chi connectivity index (χ0v) is 8.05. The molecule has 2 heteroatoms. The Hall–Kier alpha value is -0.530. The van der Waals surface area contributed by atoms with Crippen LogP contribution in [0.1, 0.15) is 23.4 Å². The van der Waals surface area contributed by atoms with Crippen molar-refractivity contribution in [1.29, 1.82) is 0 Å². The largest absolute Gasteiger partial charge is 0.392 e. The summed E-state index contributed by atoms with van der Waals surface area (Å²) in [5.41, 5.74) is 2.14. The number of aryl methyl sites for hydroxylation is 1. The lowest BCUT2D eigenvalue weighted by atomic mass is 10.1. The van der Waals surface area contributed by atoms with Crippen LogP contribution >= 0.6 is 11.6 Å². The molecule has 1 aromatic carbocycles. The van der Waals surface area contributed by atoms with Gasteiger partial charge in [-0.1, -0.05) is 29.8 Å². The van der Waals surface area contributed by atoms with Crippen molar-refractivity contribution >= 4 is 11.6 Å². The minimum Gasteiger partial charge on any atom is -0.392 e. The number of halogens is 1. The molecule has 66 valence electrons. The molecule has 12 heavy (non-hydrogen) atoms. The van der Waals surface area contributed by atoms with Gasteiger partial charge in [0.15, 0.2) is 0 Å². The van der Waals surface area contributed by atoms with E-state index in [1.165, 1.54) is 5.56 Å². The van der Waals surface area contributed by atoms with Gasteiger partial charge in [-0.2, -0.15) is 0 Å². The van der Waals surface area contributed by atoms with Crippen LogP contribution in [0.15, 0.2) is 24.3 Å². The molecule has 0 fully saturated rings. The van der Waals surface area contributed by atoms with Crippen molar-refractivity contribution in [3.63, 3.8) is 0 Å². The predicted octanol–water partition coefficient (Wildman–Crippen LogP) is 2.66. The third kappa shape index (κ3) is 2.23. The van der Waals surface area contributed by atoms with Crippen molar-refractivity contribution in [3.05, 3.63) is 35.4 Å². The maximum absolute atomic E-state index is 9.23. The average Bonchev–Trinajstić information content (AvgIpc) is 2.03. The van der Waals surface area contributed by atoms with E-state index in [0.717, 1.165) is 5.56 Å². The molecule has 0 aliphatic heterocycles. The van der Waals surface area contributed by atoms with Crippen molar-refractivity contribution < 1.29 is 5.11 Å². The quantitative estimate of drug-likeness (QED) is 0.701. The molecular formula is C10H13ClO. The highest BCUT2D eigenvalue weighted by atomic mass is 35.5. The van der Waals surface area contributed by atoms with E-state index in [1.807, 2.05) is 31.2 Å². The van der Waals surface area contributed by atoms with Gasteiger partial charge in [-0.3, -0.25) is 0 Å². The number of alkyl halides is 1. The summed E-state index contributed by atoms with van der Waals surface area (Å²) in [5, 5.41) is 8.93. The van der Waals surface area contributed by atoms with Gasteiger partial charge in [0.05, 0.1) is 11.5 Å². The Balaban J connectivity index is 2.88. The van der Waals surface area contributed by atoms with E-state index < -0.39 is 6.10 Å². The molecule has 1 N–H and O–H groups in total. The van der Waals surface area contributed by atoms with Crippen LogP contribution in [0, 0.1) is 6.92 Å². The summed E-state index contributed by atoms with van der Waals surface area (Å²) >= 11 is 5.96. The SMILES string of the molecule is Cc1cccc([C@H](Cl)[C@@H](C)O)c1. The molecule has 0 aliphatic carbocycles. The van der Waals surface area contributed by atoms with Gasteiger partial charge in [-0.15, -0.1) is 11.6 Å². The monoisotopic (exact) mass is 184 g/mol. The summed E-state index contributed by atoms with van der Waals surface area (Å²) in [6.07, 6.45) is -0.506. The van der Waals surface area contributed by atoms with Gasteiger partial charge in [0, 0.05) is 0 Å². The Morgan fingerprint density at radius 3 is 2.58 bits per heavy atom. The van der Waals surface area contributed by atoms with E-state index in [1.54, 1.807) is 6.92 Å². The van der Waals surface area contributed by atoms with Crippen LogP contribution in [0.5, 0.6) is 0 Å². The Morgan fingerprint density at radius 1 is 1.42 bits per heavy atom. The number of aliphatic hydroxyl groups is 1. The first kappa shape index (κ1) is 9.56. The molecule has 1 nitrogen and oxygen atoms in total. The van der Waals surface area contributed by atoms with Crippen molar-refractivity contribution in [2.45, 2.75) is 25.3 Å². The summed E-state index contributed by atoms with van der Waals surface area (Å²) in [4.78, 5) is 0. The third-order valence-electron chi connectivity index (χ3n) is 1.78. The molecule has 0 bridgehead atoms. The maximum atomic E-state index is 9.23. The zero-order valence-electron chi connectivity index (χ0n) is 7.29. The Labute approximate surface area is 78.0 Å². The number of benzene rings is 1. The second-order valence-electron chi connectivity index (χ2n) is 3.06. The lowest BCUT2D eigenvalue weighted by Crippen LogP contribution is -2.08. The highest BCUT2D eigenvalue weighted by Crippen LogP contribution is 2.24. The van der Waals surface area contributed by atoms with E-state index in [4.69, 9.17) is 11.6 Å². The second kappa shape index (κ2) is 3.92. The number of aliphatic hydroxyl groups excluding tert-OH is 1. The van der Waals surface area contributed by atoms with Crippen LogP contribution in [0.4, 0.5) is 0 Å². The van der Waals surface area contributed by atoms with E-state index in [9.17, 15) is 5.11 Å². The second-order valence-corrected chi connectivity index (χ2v) is 3.53. The van der Waals surface area contributed by atoms with Crippen LogP contribution in [-0.4, -0.2) is 11.2 Å². The van der Waals surface area contributed by atoms with E-state index in [0.29, 0.717) is 0 Å². The van der Waals surface area contributed by atoms with Crippen molar-refractivity contribution in [3.8, 4) is 0 Å². The molecule has 1 rings (SSSR count). The molecule has 0 saturated heterocycles. The fourth-order valence-corrected chi connectivity index (χ4v) is 1.26. The lowest BCUT2D eigenvalue weighted by molar-refractivity contribution is 0.190. The summed E-state index contributed by atoms with van der Waals surface area (Å²) < 4.78 is 0. The summed E-state index contributed by atoms with van der Waals surface area (Å²) in [6, 6.07) is 7.87. The zero-order chi connectivity index (χ0) is 9.14.